The molecule has 0 spiro atoms. The van der Waals surface area contributed by atoms with E-state index in [-0.39, 0.29) is 17.9 Å². The Morgan fingerprint density at radius 3 is 2.71 bits per heavy atom. The van der Waals surface area contributed by atoms with Crippen LogP contribution in [0.2, 0.25) is 0 Å². The van der Waals surface area contributed by atoms with E-state index in [9.17, 15) is 9.59 Å². The number of amides is 2. The van der Waals surface area contributed by atoms with Gasteiger partial charge in [-0.1, -0.05) is 30.3 Å². The molecule has 5 heteroatoms. The molecule has 3 atom stereocenters. The smallest absolute Gasteiger partial charge is 0.250 e. The number of nitrogens with zero attached hydrogens (tertiary/aromatic N) is 1. The first-order valence-corrected chi connectivity index (χ1v) is 7.44. The van der Waals surface area contributed by atoms with Crippen LogP contribution in [0.1, 0.15) is 31.4 Å². The molecule has 0 aliphatic carbocycles. The van der Waals surface area contributed by atoms with E-state index in [4.69, 9.17) is 4.74 Å². The summed E-state index contributed by atoms with van der Waals surface area (Å²) in [5, 5.41) is 2.82. The normalized spacial score (nSPS) is 29.6. The number of nitrogens with one attached hydrogen (secondary N) is 1. The molecular formula is C16H20N2O3. The van der Waals surface area contributed by atoms with Crippen LogP contribution in [0.4, 0.5) is 0 Å². The molecule has 2 fully saturated rings. The minimum atomic E-state index is -0.587. The van der Waals surface area contributed by atoms with Crippen LogP contribution in [-0.4, -0.2) is 42.0 Å². The summed E-state index contributed by atoms with van der Waals surface area (Å²) in [6.07, 6.45) is 2.03. The molecule has 112 valence electrons. The van der Waals surface area contributed by atoms with Crippen molar-refractivity contribution in [2.24, 2.45) is 0 Å². The summed E-state index contributed by atoms with van der Waals surface area (Å²) in [7, 11) is 0. The number of rotatable bonds is 3. The number of benzene rings is 1. The predicted molar refractivity (Wildman–Crippen MR) is 77.5 cm³/mol. The van der Waals surface area contributed by atoms with Gasteiger partial charge in [-0.3, -0.25) is 9.59 Å². The summed E-state index contributed by atoms with van der Waals surface area (Å²) in [4.78, 5) is 26.5. The van der Waals surface area contributed by atoms with E-state index < -0.39 is 12.1 Å². The maximum atomic E-state index is 12.7. The van der Waals surface area contributed by atoms with E-state index in [1.54, 1.807) is 11.8 Å². The molecule has 0 saturated carbocycles. The first-order chi connectivity index (χ1) is 10.2. The number of hydrogen-bond acceptors (Lipinski definition) is 3. The molecule has 3 unspecified atom stereocenters. The summed E-state index contributed by atoms with van der Waals surface area (Å²) in [5.41, 5.74) is 0.820. The Morgan fingerprint density at radius 1 is 1.29 bits per heavy atom. The van der Waals surface area contributed by atoms with E-state index in [0.717, 1.165) is 25.0 Å². The standard InChI is InChI=1S/C16H20N2O3/c1-11-15(19)17-14(12-6-3-2-4-7-12)16(20)18(11)10-13-8-5-9-21-13/h2-4,6-7,11,13-14H,5,8-10H2,1H3,(H,17,19). The summed E-state index contributed by atoms with van der Waals surface area (Å²) in [5.74, 6) is -0.162. The van der Waals surface area contributed by atoms with Crippen molar-refractivity contribution in [2.45, 2.75) is 38.0 Å². The molecule has 0 radical (unpaired) electrons. The van der Waals surface area contributed by atoms with Crippen LogP contribution < -0.4 is 5.32 Å². The van der Waals surface area contributed by atoms with Gasteiger partial charge in [0.05, 0.1) is 6.10 Å². The van der Waals surface area contributed by atoms with Gasteiger partial charge in [0, 0.05) is 13.2 Å². The third kappa shape index (κ3) is 2.78. The lowest BCUT2D eigenvalue weighted by molar-refractivity contribution is -0.150. The topological polar surface area (TPSA) is 58.6 Å². The lowest BCUT2D eigenvalue weighted by Crippen LogP contribution is -2.59. The van der Waals surface area contributed by atoms with Crippen LogP contribution in [-0.2, 0) is 14.3 Å². The molecule has 2 amide bonds. The second-order valence-corrected chi connectivity index (χ2v) is 5.65. The highest BCUT2D eigenvalue weighted by molar-refractivity contribution is 5.97. The van der Waals surface area contributed by atoms with Gasteiger partial charge >= 0.3 is 0 Å². The van der Waals surface area contributed by atoms with Crippen LogP contribution >= 0.6 is 0 Å². The zero-order valence-corrected chi connectivity index (χ0v) is 12.1. The van der Waals surface area contributed by atoms with Gasteiger partial charge in [-0.2, -0.15) is 0 Å². The summed E-state index contributed by atoms with van der Waals surface area (Å²) in [6, 6.07) is 8.34. The monoisotopic (exact) mass is 288 g/mol. The van der Waals surface area contributed by atoms with Crippen molar-refractivity contribution in [1.82, 2.24) is 10.2 Å². The maximum absolute atomic E-state index is 12.7. The highest BCUT2D eigenvalue weighted by Crippen LogP contribution is 2.24. The van der Waals surface area contributed by atoms with Crippen molar-refractivity contribution in [3.8, 4) is 0 Å². The maximum Gasteiger partial charge on any atom is 0.250 e. The lowest BCUT2D eigenvalue weighted by atomic mass is 10.0. The number of carbonyl (C=O) groups is 2. The van der Waals surface area contributed by atoms with Crippen molar-refractivity contribution < 1.29 is 14.3 Å². The van der Waals surface area contributed by atoms with Gasteiger partial charge in [0.15, 0.2) is 0 Å². The summed E-state index contributed by atoms with van der Waals surface area (Å²) in [6.45, 7) is 3.01. The average molecular weight is 288 g/mol. The zero-order chi connectivity index (χ0) is 14.8. The van der Waals surface area contributed by atoms with Gasteiger partial charge in [0.2, 0.25) is 5.91 Å². The molecule has 1 aromatic carbocycles. The molecule has 2 aliphatic heterocycles. The Hall–Kier alpha value is -1.88. The van der Waals surface area contributed by atoms with E-state index >= 15 is 0 Å². The highest BCUT2D eigenvalue weighted by Gasteiger charge is 2.40. The zero-order valence-electron chi connectivity index (χ0n) is 12.1. The van der Waals surface area contributed by atoms with Crippen molar-refractivity contribution in [2.75, 3.05) is 13.2 Å². The highest BCUT2D eigenvalue weighted by atomic mass is 16.5. The van der Waals surface area contributed by atoms with Gasteiger partial charge in [-0.15, -0.1) is 0 Å². The van der Waals surface area contributed by atoms with Crippen LogP contribution in [0.25, 0.3) is 0 Å². The van der Waals surface area contributed by atoms with Crippen LogP contribution in [0.5, 0.6) is 0 Å². The van der Waals surface area contributed by atoms with Gasteiger partial charge in [0.1, 0.15) is 12.1 Å². The second kappa shape index (κ2) is 5.85. The van der Waals surface area contributed by atoms with Crippen LogP contribution in [0.3, 0.4) is 0 Å². The molecule has 2 saturated heterocycles. The quantitative estimate of drug-likeness (QED) is 0.911. The van der Waals surface area contributed by atoms with Crippen molar-refractivity contribution in [3.05, 3.63) is 35.9 Å². The number of ether oxygens (including phenoxy) is 1. The Morgan fingerprint density at radius 2 is 2.05 bits per heavy atom. The molecule has 2 aliphatic rings. The Balaban J connectivity index is 1.81. The molecule has 0 aromatic heterocycles. The molecule has 21 heavy (non-hydrogen) atoms. The summed E-state index contributed by atoms with van der Waals surface area (Å²) < 4.78 is 5.60. The SMILES string of the molecule is CC1C(=O)NC(c2ccccc2)C(=O)N1CC1CCCO1. The van der Waals surface area contributed by atoms with Crippen molar-refractivity contribution in [3.63, 3.8) is 0 Å². The third-order valence-corrected chi connectivity index (χ3v) is 4.22. The first kappa shape index (κ1) is 14.1. The van der Waals surface area contributed by atoms with E-state index in [1.165, 1.54) is 0 Å². The molecular weight excluding hydrogens is 268 g/mol. The van der Waals surface area contributed by atoms with Crippen LogP contribution in [0.15, 0.2) is 30.3 Å². The largest absolute Gasteiger partial charge is 0.376 e. The number of carbonyl (C=O) groups excluding carboxylic acids is 2. The number of hydrogen-bond donors (Lipinski definition) is 1. The van der Waals surface area contributed by atoms with Gasteiger partial charge in [-0.05, 0) is 25.3 Å². The molecule has 0 bridgehead atoms. The van der Waals surface area contributed by atoms with E-state index in [0.29, 0.717) is 6.54 Å². The van der Waals surface area contributed by atoms with Gasteiger partial charge < -0.3 is 15.0 Å². The minimum absolute atomic E-state index is 0.0520. The van der Waals surface area contributed by atoms with Gasteiger partial charge in [0.25, 0.3) is 5.91 Å². The Kier molecular flexibility index (Phi) is 3.92. The molecule has 5 nitrogen and oxygen atoms in total. The van der Waals surface area contributed by atoms with E-state index in [1.807, 2.05) is 30.3 Å². The Labute approximate surface area is 124 Å². The number of piperazine rings is 1. The molecule has 3 rings (SSSR count). The predicted octanol–water partition coefficient (Wildman–Crippen LogP) is 1.25. The Bertz CT molecular complexity index is 526. The van der Waals surface area contributed by atoms with Gasteiger partial charge in [-0.25, -0.2) is 0 Å². The summed E-state index contributed by atoms with van der Waals surface area (Å²) >= 11 is 0. The van der Waals surface area contributed by atoms with Crippen LogP contribution in [0, 0.1) is 0 Å². The fraction of sp³-hybridized carbons (Fsp3) is 0.500. The second-order valence-electron chi connectivity index (χ2n) is 5.65. The first-order valence-electron chi connectivity index (χ1n) is 7.44. The molecule has 1 N–H and O–H groups in total. The lowest BCUT2D eigenvalue weighted by Gasteiger charge is -2.38. The fourth-order valence-corrected chi connectivity index (χ4v) is 2.95. The fourth-order valence-electron chi connectivity index (χ4n) is 2.95. The minimum Gasteiger partial charge on any atom is -0.376 e. The molecule has 2 heterocycles. The average Bonchev–Trinajstić information content (AvgIpc) is 3.01. The van der Waals surface area contributed by atoms with Crippen molar-refractivity contribution >= 4 is 11.8 Å². The van der Waals surface area contributed by atoms with Crippen molar-refractivity contribution in [1.29, 1.82) is 0 Å². The van der Waals surface area contributed by atoms with E-state index in [2.05, 4.69) is 5.32 Å². The third-order valence-electron chi connectivity index (χ3n) is 4.22. The molecule has 1 aromatic rings.